The molecular formula is C4H8NOYb. The maximum absolute atomic E-state index is 10.3. The van der Waals surface area contributed by atoms with Crippen LogP contribution in [-0.4, -0.2) is 5.91 Å². The molecule has 2 nitrogen and oxygen atoms in total. The van der Waals surface area contributed by atoms with Crippen LogP contribution in [-0.2, 0) is 4.79 Å². The standard InChI is InChI=1S/C4H9NO.Yb/c1-2-3-4(5)6;/h2-3H2,1H3,(H2,5,6);/q;+1/p-1. The number of rotatable bonds is 2. The van der Waals surface area contributed by atoms with Crippen molar-refractivity contribution in [3.8, 4) is 0 Å². The third-order valence-electron chi connectivity index (χ3n) is 0.552. The molecular weight excluding hydrogens is 251 g/mol. The summed E-state index contributed by atoms with van der Waals surface area (Å²) in [6.07, 6.45) is 1.52. The monoisotopic (exact) mass is 260 g/mol. The molecule has 0 saturated carbocycles. The van der Waals surface area contributed by atoms with Gasteiger partial charge in [-0.15, -0.1) is 0 Å². The van der Waals surface area contributed by atoms with E-state index in [0.29, 0.717) is 6.42 Å². The molecule has 0 aromatic rings. The summed E-state index contributed by atoms with van der Waals surface area (Å²) in [4.78, 5) is 10.3. The van der Waals surface area contributed by atoms with Crippen molar-refractivity contribution in [1.29, 1.82) is 0 Å². The van der Waals surface area contributed by atoms with E-state index in [0.717, 1.165) is 6.42 Å². The second-order valence-corrected chi connectivity index (χ2v) is 1.67. The van der Waals surface area contributed by atoms with Crippen LogP contribution in [0.4, 0.5) is 0 Å². The van der Waals surface area contributed by atoms with E-state index >= 15 is 0 Å². The van der Waals surface area contributed by atoms with Crippen LogP contribution in [0.1, 0.15) is 19.8 Å². The van der Waals surface area contributed by atoms with Crippen molar-refractivity contribution in [3.05, 3.63) is 0 Å². The Morgan fingerprint density at radius 1 is 1.86 bits per heavy atom. The van der Waals surface area contributed by atoms with E-state index in [-0.39, 0.29) is 5.91 Å². The fourth-order valence-electron chi connectivity index (χ4n) is 0.260. The summed E-state index contributed by atoms with van der Waals surface area (Å²) >= 11 is 2.51. The average molecular weight is 259 g/mol. The molecule has 0 unspecified atom stereocenters. The molecule has 0 aliphatic heterocycles. The van der Waals surface area contributed by atoms with Gasteiger partial charge >= 0.3 is 76.1 Å². The van der Waals surface area contributed by atoms with Crippen molar-refractivity contribution < 1.29 is 49.9 Å². The van der Waals surface area contributed by atoms with Gasteiger partial charge in [0, 0.05) is 0 Å². The van der Waals surface area contributed by atoms with Crippen LogP contribution in [0.3, 0.4) is 0 Å². The molecule has 0 heterocycles. The Labute approximate surface area is 75.1 Å². The Morgan fingerprint density at radius 2 is 2.43 bits per heavy atom. The molecule has 0 atom stereocenters. The first-order valence-corrected chi connectivity index (χ1v) is 3.01. The minimum atomic E-state index is 0.0656. The molecule has 0 bridgehead atoms. The topological polar surface area (TPSA) is 29.1 Å². The zero-order chi connectivity index (χ0) is 5.70. The van der Waals surface area contributed by atoms with Crippen molar-refractivity contribution in [2.24, 2.45) is 0 Å². The first-order chi connectivity index (χ1) is 3.31. The Morgan fingerprint density at radius 3 is 2.57 bits per heavy atom. The molecule has 1 N–H and O–H groups in total. The van der Waals surface area contributed by atoms with Gasteiger partial charge in [-0.25, -0.2) is 0 Å². The summed E-state index contributed by atoms with van der Waals surface area (Å²) in [5.74, 6) is 0.0656. The second kappa shape index (κ2) is 5.13. The number of hydrogen-bond acceptors (Lipinski definition) is 1. The van der Waals surface area contributed by atoms with Gasteiger partial charge in [-0.05, 0) is 0 Å². The number of hydrogen-bond donors (Lipinski definition) is 1. The third kappa shape index (κ3) is 4.85. The minimum absolute atomic E-state index is 0.0656. The molecule has 0 aromatic heterocycles. The maximum atomic E-state index is 10.3. The van der Waals surface area contributed by atoms with Gasteiger partial charge in [0.05, 0.1) is 0 Å². The van der Waals surface area contributed by atoms with Crippen molar-refractivity contribution in [2.45, 2.75) is 19.8 Å². The molecule has 0 aliphatic rings. The molecule has 0 aliphatic carbocycles. The summed E-state index contributed by atoms with van der Waals surface area (Å²) in [7, 11) is 0. The molecule has 49 valence electrons. The summed E-state index contributed by atoms with van der Waals surface area (Å²) in [6.45, 7) is 1.97. The molecule has 0 saturated heterocycles. The van der Waals surface area contributed by atoms with E-state index < -0.39 is 0 Å². The molecule has 7 heavy (non-hydrogen) atoms. The van der Waals surface area contributed by atoms with Gasteiger partial charge in [0.15, 0.2) is 0 Å². The van der Waals surface area contributed by atoms with Gasteiger partial charge in [0.1, 0.15) is 0 Å². The third-order valence-corrected chi connectivity index (χ3v) is 1.03. The Balaban J connectivity index is 3.00. The predicted molar refractivity (Wildman–Crippen MR) is 23.1 cm³/mol. The van der Waals surface area contributed by atoms with Gasteiger partial charge < -0.3 is 0 Å². The first-order valence-electron chi connectivity index (χ1n) is 2.15. The van der Waals surface area contributed by atoms with Gasteiger partial charge in [0.25, 0.3) is 0 Å². The Hall–Kier alpha value is 0.989. The predicted octanol–water partition coefficient (Wildman–Crippen LogP) is 0.367. The van der Waals surface area contributed by atoms with Gasteiger partial charge in [-0.2, -0.15) is 0 Å². The van der Waals surface area contributed by atoms with E-state index in [9.17, 15) is 4.79 Å². The first kappa shape index (κ1) is 7.99. The molecule has 0 aromatic carbocycles. The van der Waals surface area contributed by atoms with Gasteiger partial charge in [-0.3, -0.25) is 0 Å². The molecule has 1 amide bonds. The van der Waals surface area contributed by atoms with Crippen LogP contribution in [0.2, 0.25) is 0 Å². The van der Waals surface area contributed by atoms with Gasteiger partial charge in [0.2, 0.25) is 0 Å². The van der Waals surface area contributed by atoms with Crippen molar-refractivity contribution >= 4 is 5.91 Å². The zero-order valence-electron chi connectivity index (χ0n) is 4.09. The number of carbonyl (C=O) groups excluding carboxylic acids is 1. The van der Waals surface area contributed by atoms with Crippen LogP contribution in [0.25, 0.3) is 0 Å². The van der Waals surface area contributed by atoms with Crippen molar-refractivity contribution in [2.75, 3.05) is 0 Å². The molecule has 0 rings (SSSR count). The van der Waals surface area contributed by atoms with E-state index in [2.05, 4.69) is 45.7 Å². The quantitative estimate of drug-likeness (QED) is 0.762. The van der Waals surface area contributed by atoms with E-state index in [1.807, 2.05) is 6.92 Å². The van der Waals surface area contributed by atoms with Crippen LogP contribution in [0.15, 0.2) is 0 Å². The van der Waals surface area contributed by atoms with Crippen LogP contribution >= 0.6 is 0 Å². The van der Waals surface area contributed by atoms with Crippen LogP contribution < -0.4 is 0.592 Å². The number of amides is 1. The van der Waals surface area contributed by atoms with Crippen LogP contribution in [0.5, 0.6) is 0 Å². The van der Waals surface area contributed by atoms with Gasteiger partial charge in [-0.1, -0.05) is 0 Å². The second-order valence-electron chi connectivity index (χ2n) is 1.24. The molecule has 0 radical (unpaired) electrons. The van der Waals surface area contributed by atoms with Crippen molar-refractivity contribution in [1.82, 2.24) is 0.592 Å². The summed E-state index contributed by atoms with van der Waals surface area (Å²) in [6, 6.07) is 0. The fourth-order valence-corrected chi connectivity index (χ4v) is 0.475. The Bertz CT molecular complexity index is 64.7. The SMILES string of the molecule is CCCC(=O)[NH][Yb]. The summed E-state index contributed by atoms with van der Waals surface area (Å²) in [5, 5.41) is 0. The zero-order valence-corrected chi connectivity index (χ0v) is 5.80. The molecule has 0 fully saturated rings. The summed E-state index contributed by atoms with van der Waals surface area (Å²) < 4.78 is 2.39. The molecule has 3 heteroatoms. The summed E-state index contributed by atoms with van der Waals surface area (Å²) in [5.41, 5.74) is 0. The fraction of sp³-hybridized carbons (Fsp3) is 0.750. The van der Waals surface area contributed by atoms with Crippen molar-refractivity contribution in [3.63, 3.8) is 0 Å². The van der Waals surface area contributed by atoms with E-state index in [1.165, 1.54) is 0 Å². The van der Waals surface area contributed by atoms with E-state index in [4.69, 9.17) is 0 Å². The number of nitrogens with one attached hydrogen (secondary N) is 1. The Kier molecular flexibility index (Phi) is 5.86. The average Bonchev–Trinajstić information content (AvgIpc) is 1.68. The number of carbonyl (C=O) groups is 1. The van der Waals surface area contributed by atoms with E-state index in [1.54, 1.807) is 0 Å². The van der Waals surface area contributed by atoms with Crippen LogP contribution in [0, 0.1) is 45.1 Å². The normalized spacial score (nSPS) is 8.43. The molecule has 0 spiro atoms.